The van der Waals surface area contributed by atoms with E-state index in [-0.39, 0.29) is 11.1 Å². The SMILES string of the molecule is COC(=O)c1ccc2ccccc2c1C(=O)Cl. The minimum atomic E-state index is -0.665. The molecule has 0 saturated heterocycles. The molecule has 0 fully saturated rings. The van der Waals surface area contributed by atoms with Gasteiger partial charge in [0, 0.05) is 0 Å². The zero-order chi connectivity index (χ0) is 12.4. The second-order valence-electron chi connectivity index (χ2n) is 3.47. The second-order valence-corrected chi connectivity index (χ2v) is 3.82. The van der Waals surface area contributed by atoms with E-state index in [9.17, 15) is 9.59 Å². The summed E-state index contributed by atoms with van der Waals surface area (Å²) in [5.41, 5.74) is 0.378. The summed E-state index contributed by atoms with van der Waals surface area (Å²) in [5, 5.41) is 0.835. The Bertz CT molecular complexity index is 605. The van der Waals surface area contributed by atoms with Crippen LogP contribution in [0.25, 0.3) is 10.8 Å². The number of halogens is 1. The number of carbonyl (C=O) groups is 2. The van der Waals surface area contributed by atoms with Crippen molar-refractivity contribution in [2.24, 2.45) is 0 Å². The van der Waals surface area contributed by atoms with Crippen molar-refractivity contribution in [1.82, 2.24) is 0 Å². The molecule has 0 aliphatic carbocycles. The molecule has 0 saturated carbocycles. The summed E-state index contributed by atoms with van der Waals surface area (Å²) >= 11 is 5.54. The van der Waals surface area contributed by atoms with Crippen LogP contribution in [0.1, 0.15) is 20.7 Å². The Balaban J connectivity index is 2.82. The van der Waals surface area contributed by atoms with E-state index in [2.05, 4.69) is 4.74 Å². The fourth-order valence-corrected chi connectivity index (χ4v) is 1.97. The van der Waals surface area contributed by atoms with E-state index >= 15 is 0 Å². The lowest BCUT2D eigenvalue weighted by Gasteiger charge is -2.07. The maximum Gasteiger partial charge on any atom is 0.338 e. The average Bonchev–Trinajstić information content (AvgIpc) is 2.36. The van der Waals surface area contributed by atoms with E-state index in [1.165, 1.54) is 7.11 Å². The Morgan fingerprint density at radius 2 is 1.82 bits per heavy atom. The minimum Gasteiger partial charge on any atom is -0.465 e. The van der Waals surface area contributed by atoms with Crippen LogP contribution in [-0.4, -0.2) is 18.3 Å². The maximum atomic E-state index is 11.5. The van der Waals surface area contributed by atoms with Crippen molar-refractivity contribution >= 4 is 33.6 Å². The molecule has 2 rings (SSSR count). The van der Waals surface area contributed by atoms with Crippen molar-refractivity contribution < 1.29 is 14.3 Å². The molecule has 0 radical (unpaired) electrons. The normalized spacial score (nSPS) is 10.2. The molecule has 2 aromatic carbocycles. The summed E-state index contributed by atoms with van der Waals surface area (Å²) in [4.78, 5) is 23.0. The number of hydrogen-bond donors (Lipinski definition) is 0. The Kier molecular flexibility index (Phi) is 3.11. The average molecular weight is 249 g/mol. The molecule has 2 aromatic rings. The van der Waals surface area contributed by atoms with Gasteiger partial charge in [0.2, 0.25) is 0 Å². The van der Waals surface area contributed by atoms with Gasteiger partial charge in [-0.1, -0.05) is 30.3 Å². The third-order valence-corrected chi connectivity index (χ3v) is 2.72. The van der Waals surface area contributed by atoms with Crippen molar-refractivity contribution in [2.75, 3.05) is 7.11 Å². The van der Waals surface area contributed by atoms with Crippen LogP contribution in [0.4, 0.5) is 0 Å². The first-order chi connectivity index (χ1) is 8.15. The van der Waals surface area contributed by atoms with Crippen LogP contribution < -0.4 is 0 Å². The fraction of sp³-hybridized carbons (Fsp3) is 0.0769. The van der Waals surface area contributed by atoms with E-state index in [0.717, 1.165) is 5.39 Å². The molecule has 0 spiro atoms. The van der Waals surface area contributed by atoms with E-state index in [1.807, 2.05) is 12.1 Å². The monoisotopic (exact) mass is 248 g/mol. The van der Waals surface area contributed by atoms with Gasteiger partial charge >= 0.3 is 5.97 Å². The molecule has 17 heavy (non-hydrogen) atoms. The van der Waals surface area contributed by atoms with Crippen LogP contribution in [0.2, 0.25) is 0 Å². The predicted molar refractivity (Wildman–Crippen MR) is 65.5 cm³/mol. The highest BCUT2D eigenvalue weighted by Crippen LogP contribution is 2.24. The standard InChI is InChI=1S/C13H9ClO3/c1-17-13(16)10-7-6-8-4-2-3-5-9(8)11(10)12(14)15/h2-7H,1H3. The molecular formula is C13H9ClO3. The van der Waals surface area contributed by atoms with Gasteiger partial charge in [-0.25, -0.2) is 4.79 Å². The molecule has 4 heteroatoms. The number of ether oxygens (including phenoxy) is 1. The molecule has 0 aliphatic rings. The molecule has 86 valence electrons. The highest BCUT2D eigenvalue weighted by Gasteiger charge is 2.18. The molecule has 0 unspecified atom stereocenters. The molecular weight excluding hydrogens is 240 g/mol. The van der Waals surface area contributed by atoms with Crippen LogP contribution in [0.5, 0.6) is 0 Å². The molecule has 0 aromatic heterocycles. The Morgan fingerprint density at radius 1 is 1.12 bits per heavy atom. The number of methoxy groups -OCH3 is 1. The molecule has 3 nitrogen and oxygen atoms in total. The number of esters is 1. The molecule has 0 N–H and O–H groups in total. The predicted octanol–water partition coefficient (Wildman–Crippen LogP) is 3.01. The van der Waals surface area contributed by atoms with Gasteiger partial charge in [0.1, 0.15) is 0 Å². The van der Waals surface area contributed by atoms with E-state index in [4.69, 9.17) is 11.6 Å². The van der Waals surface area contributed by atoms with Crippen LogP contribution in [0, 0.1) is 0 Å². The zero-order valence-corrected chi connectivity index (χ0v) is 9.82. The molecule has 0 aliphatic heterocycles. The van der Waals surface area contributed by atoms with Gasteiger partial charge in [0.05, 0.1) is 18.2 Å². The Hall–Kier alpha value is -1.87. The first kappa shape index (κ1) is 11.6. The lowest BCUT2D eigenvalue weighted by Crippen LogP contribution is -2.08. The van der Waals surface area contributed by atoms with Gasteiger partial charge in [-0.05, 0) is 28.4 Å². The van der Waals surface area contributed by atoms with Gasteiger partial charge < -0.3 is 4.74 Å². The third-order valence-electron chi connectivity index (χ3n) is 2.53. The summed E-state index contributed by atoms with van der Waals surface area (Å²) in [6, 6.07) is 10.5. The third kappa shape index (κ3) is 2.01. The number of fused-ring (bicyclic) bond motifs is 1. The van der Waals surface area contributed by atoms with Crippen LogP contribution in [0.15, 0.2) is 36.4 Å². The van der Waals surface area contributed by atoms with Crippen molar-refractivity contribution in [3.05, 3.63) is 47.5 Å². The van der Waals surface area contributed by atoms with E-state index in [1.54, 1.807) is 24.3 Å². The second kappa shape index (κ2) is 4.55. The molecule has 0 bridgehead atoms. The maximum absolute atomic E-state index is 11.5. The summed E-state index contributed by atoms with van der Waals surface area (Å²) in [7, 11) is 1.26. The summed E-state index contributed by atoms with van der Waals surface area (Å²) < 4.78 is 4.63. The largest absolute Gasteiger partial charge is 0.465 e. The van der Waals surface area contributed by atoms with Crippen molar-refractivity contribution in [3.63, 3.8) is 0 Å². The fourth-order valence-electron chi connectivity index (χ4n) is 1.76. The minimum absolute atomic E-state index is 0.186. The summed E-state index contributed by atoms with van der Waals surface area (Å²) in [6.07, 6.45) is 0. The van der Waals surface area contributed by atoms with Crippen molar-refractivity contribution in [2.45, 2.75) is 0 Å². The topological polar surface area (TPSA) is 43.4 Å². The van der Waals surface area contributed by atoms with Crippen LogP contribution in [-0.2, 0) is 4.74 Å². The Labute approximate surface area is 103 Å². The number of benzene rings is 2. The quantitative estimate of drug-likeness (QED) is 0.606. The number of hydrogen-bond acceptors (Lipinski definition) is 3. The molecule has 0 atom stereocenters. The first-order valence-corrected chi connectivity index (χ1v) is 5.33. The molecule has 0 amide bonds. The zero-order valence-electron chi connectivity index (χ0n) is 9.07. The lowest BCUT2D eigenvalue weighted by atomic mass is 10.00. The number of rotatable bonds is 2. The summed E-state index contributed by atoms with van der Waals surface area (Å²) in [6.45, 7) is 0. The highest BCUT2D eigenvalue weighted by molar-refractivity contribution is 6.69. The lowest BCUT2D eigenvalue weighted by molar-refractivity contribution is 0.0598. The van der Waals surface area contributed by atoms with E-state index in [0.29, 0.717) is 5.39 Å². The smallest absolute Gasteiger partial charge is 0.338 e. The first-order valence-electron chi connectivity index (χ1n) is 4.95. The van der Waals surface area contributed by atoms with Gasteiger partial charge in [0.15, 0.2) is 0 Å². The van der Waals surface area contributed by atoms with Gasteiger partial charge in [0.25, 0.3) is 5.24 Å². The summed E-state index contributed by atoms with van der Waals surface area (Å²) in [5.74, 6) is -0.570. The molecule has 0 heterocycles. The van der Waals surface area contributed by atoms with Gasteiger partial charge in [-0.2, -0.15) is 0 Å². The van der Waals surface area contributed by atoms with Gasteiger partial charge in [-0.3, -0.25) is 4.79 Å². The number of carbonyl (C=O) groups excluding carboxylic acids is 2. The van der Waals surface area contributed by atoms with Crippen molar-refractivity contribution in [1.29, 1.82) is 0 Å². The van der Waals surface area contributed by atoms with Crippen LogP contribution >= 0.6 is 11.6 Å². The Morgan fingerprint density at radius 3 is 2.47 bits per heavy atom. The van der Waals surface area contributed by atoms with Crippen LogP contribution in [0.3, 0.4) is 0 Å². The van der Waals surface area contributed by atoms with Gasteiger partial charge in [-0.15, -0.1) is 0 Å². The highest BCUT2D eigenvalue weighted by atomic mass is 35.5. The van der Waals surface area contributed by atoms with Crippen molar-refractivity contribution in [3.8, 4) is 0 Å². The van der Waals surface area contributed by atoms with E-state index < -0.39 is 11.2 Å².